The van der Waals surface area contributed by atoms with Crippen molar-refractivity contribution in [3.05, 3.63) is 12.2 Å². The Bertz CT molecular complexity index is 309. The molecule has 0 saturated carbocycles. The van der Waals surface area contributed by atoms with Crippen LogP contribution in [0.1, 0.15) is 6.92 Å². The van der Waals surface area contributed by atoms with Gasteiger partial charge < -0.3 is 19.5 Å². The molecule has 0 aromatic carbocycles. The zero-order chi connectivity index (χ0) is 14.7. The number of carbonyl (C=O) groups excluding carboxylic acids is 2. The highest BCUT2D eigenvalue weighted by Gasteiger charge is 2.05. The highest BCUT2D eigenvalue weighted by atomic mass is 19.3. The maximum absolute atomic E-state index is 11.7. The Morgan fingerprint density at radius 3 is 2.47 bits per heavy atom. The van der Waals surface area contributed by atoms with E-state index in [0.29, 0.717) is 0 Å². The predicted octanol–water partition coefficient (Wildman–Crippen LogP) is 1.11. The van der Waals surface area contributed by atoms with E-state index in [1.54, 1.807) is 0 Å². The fourth-order valence-corrected chi connectivity index (χ4v) is 0.837. The van der Waals surface area contributed by atoms with Gasteiger partial charge >= 0.3 is 12.1 Å². The lowest BCUT2D eigenvalue weighted by molar-refractivity contribution is -0.138. The smallest absolute Gasteiger partial charge is 0.407 e. The number of rotatable bonds is 9. The van der Waals surface area contributed by atoms with Gasteiger partial charge in [0.05, 0.1) is 13.2 Å². The summed E-state index contributed by atoms with van der Waals surface area (Å²) in [5.41, 5.74) is 0.263. The van der Waals surface area contributed by atoms with Gasteiger partial charge in [0.1, 0.15) is 19.8 Å². The van der Waals surface area contributed by atoms with Crippen molar-refractivity contribution >= 4 is 12.1 Å². The summed E-state index contributed by atoms with van der Waals surface area (Å²) in [6, 6.07) is 0. The van der Waals surface area contributed by atoms with Crippen LogP contribution in [0.2, 0.25) is 0 Å². The average Bonchev–Trinajstić information content (AvgIpc) is 2.33. The number of hydrogen-bond acceptors (Lipinski definition) is 5. The van der Waals surface area contributed by atoms with Gasteiger partial charge in [-0.2, -0.15) is 0 Å². The molecule has 0 atom stereocenters. The first-order valence-corrected chi connectivity index (χ1v) is 5.52. The Balaban J connectivity index is 3.40. The van der Waals surface area contributed by atoms with Crippen LogP contribution in [-0.4, -0.2) is 51.5 Å². The quantitative estimate of drug-likeness (QED) is 0.389. The first kappa shape index (κ1) is 17.3. The molecule has 0 rings (SSSR count). The Labute approximate surface area is 109 Å². The molecule has 0 heterocycles. The molecule has 8 heteroatoms. The summed E-state index contributed by atoms with van der Waals surface area (Å²) in [5.74, 6) is -0.546. The number of halogens is 2. The van der Waals surface area contributed by atoms with Crippen LogP contribution in [0.15, 0.2) is 12.2 Å². The van der Waals surface area contributed by atoms with Crippen molar-refractivity contribution in [1.82, 2.24) is 5.32 Å². The van der Waals surface area contributed by atoms with Crippen molar-refractivity contribution in [2.75, 3.05) is 33.0 Å². The fourth-order valence-electron chi connectivity index (χ4n) is 0.837. The lowest BCUT2D eigenvalue weighted by atomic mass is 10.4. The Morgan fingerprint density at radius 2 is 1.89 bits per heavy atom. The molecule has 0 spiro atoms. The van der Waals surface area contributed by atoms with E-state index >= 15 is 0 Å². The van der Waals surface area contributed by atoms with Gasteiger partial charge in [-0.1, -0.05) is 6.58 Å². The molecule has 0 aliphatic carbocycles. The summed E-state index contributed by atoms with van der Waals surface area (Å²) in [7, 11) is 0. The monoisotopic (exact) mass is 281 g/mol. The van der Waals surface area contributed by atoms with Gasteiger partial charge in [0.15, 0.2) is 0 Å². The molecule has 0 aliphatic rings. The molecule has 0 radical (unpaired) electrons. The topological polar surface area (TPSA) is 73.9 Å². The van der Waals surface area contributed by atoms with E-state index < -0.39 is 25.1 Å². The summed E-state index contributed by atoms with van der Waals surface area (Å²) in [6.45, 7) is 4.02. The lowest BCUT2D eigenvalue weighted by Crippen LogP contribution is -2.29. The van der Waals surface area contributed by atoms with Crippen LogP contribution in [0.5, 0.6) is 0 Å². The first-order chi connectivity index (χ1) is 8.93. The van der Waals surface area contributed by atoms with Crippen molar-refractivity contribution in [3.8, 4) is 0 Å². The minimum Gasteiger partial charge on any atom is -0.460 e. The molecule has 0 bridgehead atoms. The van der Waals surface area contributed by atoms with Crippen LogP contribution in [0, 0.1) is 0 Å². The molecule has 0 aromatic heterocycles. The van der Waals surface area contributed by atoms with Crippen molar-refractivity contribution < 1.29 is 32.6 Å². The van der Waals surface area contributed by atoms with Crippen molar-refractivity contribution in [2.45, 2.75) is 13.3 Å². The molecule has 19 heavy (non-hydrogen) atoms. The first-order valence-electron chi connectivity index (χ1n) is 5.52. The third-order valence-electron chi connectivity index (χ3n) is 1.66. The summed E-state index contributed by atoms with van der Waals surface area (Å²) in [4.78, 5) is 22.0. The summed E-state index contributed by atoms with van der Waals surface area (Å²) in [5, 5.41) is 2.30. The van der Waals surface area contributed by atoms with E-state index in [9.17, 15) is 18.4 Å². The standard InChI is InChI=1S/C11H17F2NO5/c1-8(2)10(15)18-4-3-14-11(16)19-6-5-17-7-9(12)13/h9H,1,3-7H2,2H3,(H,14,16). The number of alkyl carbamates (subject to hydrolysis) is 1. The SMILES string of the molecule is C=C(C)C(=O)OCCNC(=O)OCCOCC(F)F. The molecule has 6 nitrogen and oxygen atoms in total. The second-order valence-corrected chi connectivity index (χ2v) is 3.44. The van der Waals surface area contributed by atoms with Gasteiger partial charge in [0.25, 0.3) is 6.43 Å². The minimum absolute atomic E-state index is 0.0112. The van der Waals surface area contributed by atoms with Crippen LogP contribution in [0.25, 0.3) is 0 Å². The molecule has 1 amide bonds. The van der Waals surface area contributed by atoms with Crippen LogP contribution in [0.3, 0.4) is 0 Å². The second-order valence-electron chi connectivity index (χ2n) is 3.44. The predicted molar refractivity (Wildman–Crippen MR) is 61.9 cm³/mol. The number of carbonyl (C=O) groups is 2. The molecule has 0 saturated heterocycles. The molecule has 0 fully saturated rings. The van der Waals surface area contributed by atoms with Crippen molar-refractivity contribution in [1.29, 1.82) is 0 Å². The van der Waals surface area contributed by atoms with E-state index in [1.165, 1.54) is 6.92 Å². The van der Waals surface area contributed by atoms with Crippen LogP contribution >= 0.6 is 0 Å². The van der Waals surface area contributed by atoms with Crippen LogP contribution < -0.4 is 5.32 Å². The normalized spacial score (nSPS) is 10.1. The number of nitrogens with one attached hydrogen (secondary N) is 1. The number of ether oxygens (including phenoxy) is 3. The van der Waals surface area contributed by atoms with Gasteiger partial charge in [-0.25, -0.2) is 18.4 Å². The van der Waals surface area contributed by atoms with E-state index in [2.05, 4.69) is 21.4 Å². The highest BCUT2D eigenvalue weighted by molar-refractivity contribution is 5.86. The van der Waals surface area contributed by atoms with Crippen molar-refractivity contribution in [2.24, 2.45) is 0 Å². The average molecular weight is 281 g/mol. The largest absolute Gasteiger partial charge is 0.460 e. The van der Waals surface area contributed by atoms with Gasteiger partial charge in [-0.3, -0.25) is 0 Å². The zero-order valence-electron chi connectivity index (χ0n) is 10.6. The molecule has 1 N–H and O–H groups in total. The van der Waals surface area contributed by atoms with Gasteiger partial charge in [0.2, 0.25) is 0 Å². The Kier molecular flexibility index (Phi) is 9.33. The van der Waals surface area contributed by atoms with Gasteiger partial charge in [-0.05, 0) is 6.92 Å². The molecule has 0 unspecified atom stereocenters. The third kappa shape index (κ3) is 11.1. The lowest BCUT2D eigenvalue weighted by Gasteiger charge is -2.08. The van der Waals surface area contributed by atoms with E-state index in [1.807, 2.05) is 0 Å². The van der Waals surface area contributed by atoms with E-state index in [0.717, 1.165) is 0 Å². The molecule has 110 valence electrons. The number of amides is 1. The van der Waals surface area contributed by atoms with Gasteiger partial charge in [0, 0.05) is 5.57 Å². The molecular weight excluding hydrogens is 264 g/mol. The maximum Gasteiger partial charge on any atom is 0.407 e. The van der Waals surface area contributed by atoms with Crippen LogP contribution in [-0.2, 0) is 19.0 Å². The van der Waals surface area contributed by atoms with E-state index in [4.69, 9.17) is 4.74 Å². The maximum atomic E-state index is 11.7. The Hall–Kier alpha value is -1.70. The third-order valence-corrected chi connectivity index (χ3v) is 1.66. The van der Waals surface area contributed by atoms with Crippen LogP contribution in [0.4, 0.5) is 13.6 Å². The molecular formula is C11H17F2NO5. The summed E-state index contributed by atoms with van der Waals surface area (Å²) >= 11 is 0. The number of hydrogen-bond donors (Lipinski definition) is 1. The fraction of sp³-hybridized carbons (Fsp3) is 0.636. The Morgan fingerprint density at radius 1 is 1.21 bits per heavy atom. The zero-order valence-corrected chi connectivity index (χ0v) is 10.6. The van der Waals surface area contributed by atoms with E-state index in [-0.39, 0.29) is 31.9 Å². The summed E-state index contributed by atoms with van der Waals surface area (Å²) in [6.07, 6.45) is -3.29. The molecule has 0 aliphatic heterocycles. The summed E-state index contributed by atoms with van der Waals surface area (Å²) < 4.78 is 37.1. The number of esters is 1. The highest BCUT2D eigenvalue weighted by Crippen LogP contribution is 1.92. The second kappa shape index (κ2) is 10.2. The minimum atomic E-state index is -2.54. The van der Waals surface area contributed by atoms with Gasteiger partial charge in [-0.15, -0.1) is 0 Å². The molecule has 0 aromatic rings. The number of alkyl halides is 2. The van der Waals surface area contributed by atoms with Crippen molar-refractivity contribution in [3.63, 3.8) is 0 Å².